The Kier molecular flexibility index (Phi) is 2.82. The van der Waals surface area contributed by atoms with Crippen molar-refractivity contribution in [3.63, 3.8) is 0 Å². The molecule has 2 nitrogen and oxygen atoms in total. The van der Waals surface area contributed by atoms with Crippen LogP contribution < -0.4 is 0 Å². The number of rotatable bonds is 1. The van der Waals surface area contributed by atoms with Crippen LogP contribution in [0.15, 0.2) is 63.6 Å². The molecule has 0 saturated heterocycles. The Morgan fingerprint density at radius 2 is 1.86 bits per heavy atom. The van der Waals surface area contributed by atoms with Gasteiger partial charge in [-0.15, -0.1) is 0 Å². The van der Waals surface area contributed by atoms with Gasteiger partial charge in [-0.05, 0) is 36.8 Å². The third kappa shape index (κ3) is 1.96. The van der Waals surface area contributed by atoms with Gasteiger partial charge in [-0.3, -0.25) is 4.98 Å². The first kappa shape index (κ1) is 12.6. The Hall–Kier alpha value is -2.13. The minimum absolute atomic E-state index is 0.877. The van der Waals surface area contributed by atoms with Crippen molar-refractivity contribution in [1.82, 2.24) is 4.98 Å². The van der Waals surface area contributed by atoms with E-state index >= 15 is 0 Å². The number of aryl methyl sites for hydroxylation is 1. The van der Waals surface area contributed by atoms with Crippen LogP contribution in [0.1, 0.15) is 5.56 Å². The van der Waals surface area contributed by atoms with E-state index in [-0.39, 0.29) is 0 Å². The number of pyridine rings is 1. The number of para-hydroxylation sites is 1. The molecule has 0 aliphatic heterocycles. The molecule has 21 heavy (non-hydrogen) atoms. The van der Waals surface area contributed by atoms with Crippen LogP contribution in [0, 0.1) is 6.92 Å². The highest BCUT2D eigenvalue weighted by Gasteiger charge is 2.15. The standard InChI is InChI=1S/C18H12BrNO/c1-11-6-9-15(20-10-11)12-7-8-14(19)17-13-4-2-3-5-16(13)21-18(12)17/h2-10H,1H3. The Balaban J connectivity index is 2.11. The molecule has 0 bridgehead atoms. The summed E-state index contributed by atoms with van der Waals surface area (Å²) < 4.78 is 7.12. The van der Waals surface area contributed by atoms with Gasteiger partial charge in [0.25, 0.3) is 0 Å². The van der Waals surface area contributed by atoms with Crippen molar-refractivity contribution < 1.29 is 4.42 Å². The predicted molar refractivity (Wildman–Crippen MR) is 89.4 cm³/mol. The van der Waals surface area contributed by atoms with E-state index in [4.69, 9.17) is 4.42 Å². The largest absolute Gasteiger partial charge is 0.455 e. The normalized spacial score (nSPS) is 11.3. The highest BCUT2D eigenvalue weighted by atomic mass is 79.9. The third-order valence-corrected chi connectivity index (χ3v) is 4.32. The number of fused-ring (bicyclic) bond motifs is 3. The zero-order valence-corrected chi connectivity index (χ0v) is 13.0. The van der Waals surface area contributed by atoms with Gasteiger partial charge in [0.15, 0.2) is 0 Å². The Labute approximate surface area is 130 Å². The summed E-state index contributed by atoms with van der Waals surface area (Å²) >= 11 is 3.64. The van der Waals surface area contributed by atoms with Gasteiger partial charge in [-0.25, -0.2) is 0 Å². The molecular formula is C18H12BrNO. The average Bonchev–Trinajstić information content (AvgIpc) is 2.89. The van der Waals surface area contributed by atoms with E-state index < -0.39 is 0 Å². The number of nitrogens with zero attached hydrogens (tertiary/aromatic N) is 1. The van der Waals surface area contributed by atoms with Crippen LogP contribution in [-0.4, -0.2) is 4.98 Å². The van der Waals surface area contributed by atoms with Gasteiger partial charge < -0.3 is 4.42 Å². The number of hydrogen-bond acceptors (Lipinski definition) is 2. The van der Waals surface area contributed by atoms with Crippen LogP contribution in [0.3, 0.4) is 0 Å². The maximum absolute atomic E-state index is 6.08. The Morgan fingerprint density at radius 3 is 2.67 bits per heavy atom. The van der Waals surface area contributed by atoms with Gasteiger partial charge in [0.05, 0.1) is 5.69 Å². The maximum Gasteiger partial charge on any atom is 0.145 e. The highest BCUT2D eigenvalue weighted by Crippen LogP contribution is 2.39. The van der Waals surface area contributed by atoms with Gasteiger partial charge >= 0.3 is 0 Å². The van der Waals surface area contributed by atoms with E-state index in [0.717, 1.165) is 43.2 Å². The SMILES string of the molecule is Cc1ccc(-c2ccc(Br)c3c2oc2ccccc23)nc1. The van der Waals surface area contributed by atoms with E-state index in [1.807, 2.05) is 43.5 Å². The van der Waals surface area contributed by atoms with Crippen molar-refractivity contribution >= 4 is 37.9 Å². The summed E-state index contributed by atoms with van der Waals surface area (Å²) in [6.45, 7) is 2.04. The van der Waals surface area contributed by atoms with Crippen LogP contribution in [0.5, 0.6) is 0 Å². The van der Waals surface area contributed by atoms with E-state index in [2.05, 4.69) is 39.1 Å². The molecule has 2 aromatic heterocycles. The second kappa shape index (κ2) is 4.71. The van der Waals surface area contributed by atoms with E-state index in [1.165, 1.54) is 0 Å². The van der Waals surface area contributed by atoms with E-state index in [0.29, 0.717) is 0 Å². The van der Waals surface area contributed by atoms with Crippen molar-refractivity contribution in [3.8, 4) is 11.3 Å². The van der Waals surface area contributed by atoms with Crippen molar-refractivity contribution in [2.75, 3.05) is 0 Å². The molecular weight excluding hydrogens is 326 g/mol. The summed E-state index contributed by atoms with van der Waals surface area (Å²) in [4.78, 5) is 4.52. The molecule has 102 valence electrons. The lowest BCUT2D eigenvalue weighted by atomic mass is 10.1. The minimum atomic E-state index is 0.877. The molecule has 3 heteroatoms. The molecule has 0 amide bonds. The average molecular weight is 338 g/mol. The minimum Gasteiger partial charge on any atom is -0.455 e. The molecule has 4 aromatic rings. The molecule has 0 spiro atoms. The molecule has 0 N–H and O–H groups in total. The first-order valence-electron chi connectivity index (χ1n) is 6.77. The van der Waals surface area contributed by atoms with Gasteiger partial charge in [-0.2, -0.15) is 0 Å². The van der Waals surface area contributed by atoms with Gasteiger partial charge in [0, 0.05) is 27.0 Å². The molecule has 0 radical (unpaired) electrons. The Morgan fingerprint density at radius 1 is 1.00 bits per heavy atom. The van der Waals surface area contributed by atoms with Crippen molar-refractivity contribution in [1.29, 1.82) is 0 Å². The van der Waals surface area contributed by atoms with Gasteiger partial charge in [-0.1, -0.05) is 40.2 Å². The fraction of sp³-hybridized carbons (Fsp3) is 0.0556. The maximum atomic E-state index is 6.08. The van der Waals surface area contributed by atoms with E-state index in [9.17, 15) is 0 Å². The lowest BCUT2D eigenvalue weighted by molar-refractivity contribution is 0.669. The van der Waals surface area contributed by atoms with Crippen molar-refractivity contribution in [2.24, 2.45) is 0 Å². The lowest BCUT2D eigenvalue weighted by Gasteiger charge is -2.03. The summed E-state index contributed by atoms with van der Waals surface area (Å²) in [5, 5.41) is 2.22. The van der Waals surface area contributed by atoms with Crippen molar-refractivity contribution in [3.05, 3.63) is 64.8 Å². The number of furan rings is 1. The summed E-state index contributed by atoms with van der Waals surface area (Å²) in [6.07, 6.45) is 1.88. The fourth-order valence-electron chi connectivity index (χ4n) is 2.62. The highest BCUT2D eigenvalue weighted by molar-refractivity contribution is 9.10. The molecule has 0 unspecified atom stereocenters. The van der Waals surface area contributed by atoms with E-state index in [1.54, 1.807) is 0 Å². The smallest absolute Gasteiger partial charge is 0.145 e. The molecule has 2 heterocycles. The van der Waals surface area contributed by atoms with Crippen LogP contribution >= 0.6 is 15.9 Å². The molecule has 0 atom stereocenters. The molecule has 0 fully saturated rings. The summed E-state index contributed by atoms with van der Waals surface area (Å²) in [5.74, 6) is 0. The van der Waals surface area contributed by atoms with Crippen LogP contribution in [0.4, 0.5) is 0 Å². The summed E-state index contributed by atoms with van der Waals surface area (Å²) in [7, 11) is 0. The summed E-state index contributed by atoms with van der Waals surface area (Å²) in [6, 6.07) is 16.3. The molecule has 0 aliphatic carbocycles. The van der Waals surface area contributed by atoms with Crippen LogP contribution in [-0.2, 0) is 0 Å². The zero-order valence-electron chi connectivity index (χ0n) is 11.4. The second-order valence-corrected chi connectivity index (χ2v) is 5.97. The molecule has 2 aromatic carbocycles. The van der Waals surface area contributed by atoms with Crippen LogP contribution in [0.2, 0.25) is 0 Å². The first-order valence-corrected chi connectivity index (χ1v) is 7.56. The lowest BCUT2D eigenvalue weighted by Crippen LogP contribution is -1.85. The van der Waals surface area contributed by atoms with Gasteiger partial charge in [0.1, 0.15) is 11.2 Å². The first-order chi connectivity index (χ1) is 10.2. The summed E-state index contributed by atoms with van der Waals surface area (Å²) in [5.41, 5.74) is 4.87. The monoisotopic (exact) mass is 337 g/mol. The number of benzene rings is 2. The second-order valence-electron chi connectivity index (χ2n) is 5.12. The molecule has 4 rings (SSSR count). The van der Waals surface area contributed by atoms with Crippen LogP contribution in [0.25, 0.3) is 33.2 Å². The topological polar surface area (TPSA) is 26.0 Å². The zero-order chi connectivity index (χ0) is 14.4. The fourth-order valence-corrected chi connectivity index (χ4v) is 3.14. The number of hydrogen-bond donors (Lipinski definition) is 0. The van der Waals surface area contributed by atoms with Crippen molar-refractivity contribution in [2.45, 2.75) is 6.92 Å². The number of aromatic nitrogens is 1. The predicted octanol–water partition coefficient (Wildman–Crippen LogP) is 5.72. The number of halogens is 1. The Bertz CT molecular complexity index is 954. The molecule has 0 aliphatic rings. The quantitative estimate of drug-likeness (QED) is 0.444. The van der Waals surface area contributed by atoms with Gasteiger partial charge in [0.2, 0.25) is 0 Å². The third-order valence-electron chi connectivity index (χ3n) is 3.66. The molecule has 0 saturated carbocycles.